The van der Waals surface area contributed by atoms with Crippen LogP contribution in [0.4, 0.5) is 11.6 Å². The van der Waals surface area contributed by atoms with Crippen LogP contribution in [-0.2, 0) is 12.8 Å². The molecule has 22 heavy (non-hydrogen) atoms. The number of anilines is 2. The molecule has 1 heterocycles. The molecule has 1 N–H and O–H groups in total. The van der Waals surface area contributed by atoms with E-state index in [4.69, 9.17) is 16.0 Å². The third kappa shape index (κ3) is 2.91. The molecule has 0 fully saturated rings. The van der Waals surface area contributed by atoms with Crippen molar-refractivity contribution in [3.63, 3.8) is 0 Å². The molecule has 116 valence electrons. The molecule has 0 unspecified atom stereocenters. The highest BCUT2D eigenvalue weighted by Crippen LogP contribution is 2.41. The van der Waals surface area contributed by atoms with Crippen molar-refractivity contribution in [2.24, 2.45) is 5.41 Å². The molecule has 0 spiro atoms. The Balaban J connectivity index is 2.02. The smallest absolute Gasteiger partial charge is 0.201 e. The maximum Gasteiger partial charge on any atom is 0.201 e. The predicted octanol–water partition coefficient (Wildman–Crippen LogP) is 4.96. The Morgan fingerprint density at radius 2 is 1.95 bits per heavy atom. The summed E-state index contributed by atoms with van der Waals surface area (Å²) in [6.45, 7) is 4.20. The van der Waals surface area contributed by atoms with Gasteiger partial charge in [-0.2, -0.15) is 0 Å². The van der Waals surface area contributed by atoms with Crippen LogP contribution in [0.25, 0.3) is 0 Å². The minimum atomic E-state index is -0.0514. The van der Waals surface area contributed by atoms with E-state index in [9.17, 15) is 4.79 Å². The molecule has 1 aliphatic carbocycles. The summed E-state index contributed by atoms with van der Waals surface area (Å²) in [5, 5.41) is 3.28. The second kappa shape index (κ2) is 5.81. The van der Waals surface area contributed by atoms with E-state index in [1.54, 1.807) is 0 Å². The van der Waals surface area contributed by atoms with Crippen LogP contribution in [-0.4, -0.2) is 11.7 Å². The lowest BCUT2D eigenvalue weighted by Gasteiger charge is -2.27. The maximum atomic E-state index is 12.5. The molecule has 0 saturated heterocycles. The van der Waals surface area contributed by atoms with Crippen LogP contribution in [0.1, 0.15) is 41.9 Å². The summed E-state index contributed by atoms with van der Waals surface area (Å²) >= 11 is 5.93. The molecule has 1 aliphatic rings. The van der Waals surface area contributed by atoms with Gasteiger partial charge in [0.15, 0.2) is 5.78 Å². The molecule has 0 radical (unpaired) electrons. The lowest BCUT2D eigenvalue weighted by molar-refractivity contribution is 0.0903. The Morgan fingerprint density at radius 1 is 1.23 bits per heavy atom. The van der Waals surface area contributed by atoms with Gasteiger partial charge in [0.05, 0.1) is 5.56 Å². The Kier molecular flexibility index (Phi) is 4.00. The Bertz CT molecular complexity index is 689. The zero-order chi connectivity index (χ0) is 15.7. The van der Waals surface area contributed by atoms with Gasteiger partial charge in [-0.25, -0.2) is 0 Å². The summed E-state index contributed by atoms with van der Waals surface area (Å²) in [5.74, 6) is 2.07. The van der Waals surface area contributed by atoms with Crippen LogP contribution in [0.15, 0.2) is 34.7 Å². The first-order valence-corrected chi connectivity index (χ1v) is 8.09. The van der Waals surface area contributed by atoms with Crippen LogP contribution in [0.3, 0.4) is 0 Å². The topological polar surface area (TPSA) is 42.2 Å². The predicted molar refractivity (Wildman–Crippen MR) is 89.3 cm³/mol. The summed E-state index contributed by atoms with van der Waals surface area (Å²) < 4.78 is 6.01. The molecule has 3 rings (SSSR count). The van der Waals surface area contributed by atoms with Crippen LogP contribution in [0.2, 0.25) is 0 Å². The summed E-state index contributed by atoms with van der Waals surface area (Å²) in [5.41, 5.74) is 2.55. The number of rotatable bonds is 4. The normalized spacial score (nSPS) is 16.4. The number of carbonyl (C=O) groups is 1. The van der Waals surface area contributed by atoms with E-state index in [0.29, 0.717) is 24.6 Å². The van der Waals surface area contributed by atoms with E-state index in [1.807, 2.05) is 30.3 Å². The molecule has 3 nitrogen and oxygen atoms in total. The molecule has 1 aromatic heterocycles. The molecule has 0 bridgehead atoms. The minimum absolute atomic E-state index is 0.0514. The number of para-hydroxylation sites is 1. The highest BCUT2D eigenvalue weighted by atomic mass is 35.5. The second-order valence-electron chi connectivity index (χ2n) is 6.58. The van der Waals surface area contributed by atoms with Gasteiger partial charge in [0.1, 0.15) is 5.76 Å². The van der Waals surface area contributed by atoms with Crippen molar-refractivity contribution in [1.82, 2.24) is 0 Å². The summed E-state index contributed by atoms with van der Waals surface area (Å²) in [6.07, 6.45) is 1.96. The van der Waals surface area contributed by atoms with Gasteiger partial charge in [-0.3, -0.25) is 4.79 Å². The van der Waals surface area contributed by atoms with E-state index in [2.05, 4.69) is 19.2 Å². The van der Waals surface area contributed by atoms with Gasteiger partial charge in [-0.05, 0) is 24.0 Å². The van der Waals surface area contributed by atoms with Crippen molar-refractivity contribution in [3.05, 3.63) is 47.2 Å². The molecule has 4 heteroatoms. The number of nitrogens with one attached hydrogen (secondary N) is 1. The van der Waals surface area contributed by atoms with E-state index < -0.39 is 0 Å². The van der Waals surface area contributed by atoms with Crippen molar-refractivity contribution in [3.8, 4) is 0 Å². The summed E-state index contributed by atoms with van der Waals surface area (Å²) in [4.78, 5) is 12.5. The number of alkyl halides is 1. The zero-order valence-corrected chi connectivity index (χ0v) is 13.7. The Hall–Kier alpha value is -1.74. The zero-order valence-electron chi connectivity index (χ0n) is 12.9. The van der Waals surface area contributed by atoms with E-state index in [1.165, 1.54) is 0 Å². The van der Waals surface area contributed by atoms with E-state index in [-0.39, 0.29) is 11.2 Å². The highest BCUT2D eigenvalue weighted by molar-refractivity contribution is 6.18. The number of benzene rings is 1. The van der Waals surface area contributed by atoms with Gasteiger partial charge in [-0.1, -0.05) is 32.0 Å². The van der Waals surface area contributed by atoms with Gasteiger partial charge < -0.3 is 9.73 Å². The van der Waals surface area contributed by atoms with Crippen molar-refractivity contribution >= 4 is 29.0 Å². The number of Topliss-reactive ketones (excluding diaryl/α,β-unsaturated/α-hetero) is 1. The summed E-state index contributed by atoms with van der Waals surface area (Å²) in [7, 11) is 0. The lowest BCUT2D eigenvalue weighted by atomic mass is 9.75. The standard InChI is InChI=1S/C18H20ClNO2/c1-18(2)10-14(21)16-13(8-9-19)17(22-15(16)11-18)20-12-6-4-3-5-7-12/h3-7,20H,8-11H2,1-2H3. The Morgan fingerprint density at radius 3 is 2.64 bits per heavy atom. The maximum absolute atomic E-state index is 12.5. The largest absolute Gasteiger partial charge is 0.444 e. The number of carbonyl (C=O) groups excluding carboxylic acids is 1. The summed E-state index contributed by atoms with van der Waals surface area (Å²) in [6, 6.07) is 9.82. The van der Waals surface area contributed by atoms with Gasteiger partial charge in [0, 0.05) is 30.0 Å². The average molecular weight is 318 g/mol. The first-order chi connectivity index (χ1) is 10.5. The molecule has 0 aliphatic heterocycles. The van der Waals surface area contributed by atoms with Gasteiger partial charge in [0.2, 0.25) is 5.88 Å². The van der Waals surface area contributed by atoms with Gasteiger partial charge in [0.25, 0.3) is 0 Å². The molecule has 0 atom stereocenters. The molecular formula is C18H20ClNO2. The first kappa shape index (κ1) is 15.2. The molecule has 2 aromatic rings. The number of fused-ring (bicyclic) bond motifs is 1. The highest BCUT2D eigenvalue weighted by Gasteiger charge is 2.36. The van der Waals surface area contributed by atoms with Crippen LogP contribution in [0.5, 0.6) is 0 Å². The van der Waals surface area contributed by atoms with Gasteiger partial charge >= 0.3 is 0 Å². The number of halogens is 1. The van der Waals surface area contributed by atoms with E-state index in [0.717, 1.165) is 29.0 Å². The average Bonchev–Trinajstić information content (AvgIpc) is 2.76. The number of furan rings is 1. The fourth-order valence-electron chi connectivity index (χ4n) is 3.07. The molecular weight excluding hydrogens is 298 g/mol. The van der Waals surface area contributed by atoms with Crippen molar-refractivity contribution in [2.45, 2.75) is 33.1 Å². The first-order valence-electron chi connectivity index (χ1n) is 7.56. The fourth-order valence-corrected chi connectivity index (χ4v) is 3.26. The minimum Gasteiger partial charge on any atom is -0.444 e. The number of ketones is 1. The van der Waals surface area contributed by atoms with Crippen LogP contribution in [0, 0.1) is 5.41 Å². The molecule has 0 saturated carbocycles. The SMILES string of the molecule is CC1(C)CC(=O)c2c(oc(Nc3ccccc3)c2CCCl)C1. The van der Waals surface area contributed by atoms with Gasteiger partial charge in [-0.15, -0.1) is 11.6 Å². The number of hydrogen-bond donors (Lipinski definition) is 1. The lowest BCUT2D eigenvalue weighted by Crippen LogP contribution is -2.26. The van der Waals surface area contributed by atoms with E-state index >= 15 is 0 Å². The second-order valence-corrected chi connectivity index (χ2v) is 6.96. The monoisotopic (exact) mass is 317 g/mol. The van der Waals surface area contributed by atoms with Crippen molar-refractivity contribution in [1.29, 1.82) is 0 Å². The Labute approximate surface area is 135 Å². The third-order valence-electron chi connectivity index (χ3n) is 4.01. The quantitative estimate of drug-likeness (QED) is 0.810. The molecule has 1 aromatic carbocycles. The van der Waals surface area contributed by atoms with Crippen molar-refractivity contribution in [2.75, 3.05) is 11.2 Å². The third-order valence-corrected chi connectivity index (χ3v) is 4.20. The van der Waals surface area contributed by atoms with Crippen LogP contribution >= 0.6 is 11.6 Å². The van der Waals surface area contributed by atoms with Crippen molar-refractivity contribution < 1.29 is 9.21 Å². The number of hydrogen-bond acceptors (Lipinski definition) is 3. The van der Waals surface area contributed by atoms with Crippen LogP contribution < -0.4 is 5.32 Å². The molecule has 0 amide bonds. The fraction of sp³-hybridized carbons (Fsp3) is 0.389.